The number of hydrogen-bond acceptors (Lipinski definition) is 11. The Labute approximate surface area is 129 Å². The zero-order valence-electron chi connectivity index (χ0n) is 11.8. The molecule has 2 fully saturated rings. The summed E-state index contributed by atoms with van der Waals surface area (Å²) in [6.07, 6.45) is -13.2. The maximum atomic E-state index is 12.0. The van der Waals surface area contributed by atoms with Crippen molar-refractivity contribution in [2.75, 3.05) is 13.2 Å². The van der Waals surface area contributed by atoms with E-state index in [0.29, 0.717) is 0 Å². The number of aliphatic hydroxyl groups excluding tert-OH is 6. The standard InChI is InChI=1S/C12H18O11/c13-1-3(15)9-8(19)10(11(20)22-9)23-12-7(18)6(17)5(16)4(2-14)21-12/h3-7,9-10,12-18H,1-2H2/t3?,4?,5-,6+,7?,9?,10?,12+/m1/s1. The van der Waals surface area contributed by atoms with E-state index in [1.807, 2.05) is 0 Å². The van der Waals surface area contributed by atoms with Crippen LogP contribution in [0.3, 0.4) is 0 Å². The molecular weight excluding hydrogens is 320 g/mol. The highest BCUT2D eigenvalue weighted by molar-refractivity contribution is 6.09. The number of Topliss-reactive ketones (excluding diaryl/α,β-unsaturated/α-hetero) is 1. The average Bonchev–Trinajstić information content (AvgIpc) is 2.82. The van der Waals surface area contributed by atoms with Crippen LogP contribution in [0.25, 0.3) is 0 Å². The summed E-state index contributed by atoms with van der Waals surface area (Å²) >= 11 is 0. The topological polar surface area (TPSA) is 183 Å². The van der Waals surface area contributed by atoms with Crippen molar-refractivity contribution in [3.8, 4) is 0 Å². The molecule has 2 aliphatic rings. The van der Waals surface area contributed by atoms with E-state index in [4.69, 9.17) is 19.7 Å². The Morgan fingerprint density at radius 2 is 1.74 bits per heavy atom. The van der Waals surface area contributed by atoms with Crippen LogP contribution >= 0.6 is 0 Å². The molecule has 0 amide bonds. The first kappa shape index (κ1) is 18.2. The highest BCUT2D eigenvalue weighted by Crippen LogP contribution is 2.26. The van der Waals surface area contributed by atoms with Gasteiger partial charge in [-0.3, -0.25) is 4.79 Å². The Hall–Kier alpha value is -1.18. The summed E-state index contributed by atoms with van der Waals surface area (Å²) in [7, 11) is 0. The van der Waals surface area contributed by atoms with Gasteiger partial charge in [0.05, 0.1) is 13.2 Å². The van der Waals surface area contributed by atoms with E-state index >= 15 is 0 Å². The van der Waals surface area contributed by atoms with Gasteiger partial charge in [0.1, 0.15) is 30.5 Å². The number of rotatable bonds is 5. The summed E-state index contributed by atoms with van der Waals surface area (Å²) in [5.74, 6) is -2.15. The zero-order chi connectivity index (χ0) is 17.3. The van der Waals surface area contributed by atoms with Crippen molar-refractivity contribution in [1.29, 1.82) is 0 Å². The van der Waals surface area contributed by atoms with Gasteiger partial charge in [-0.1, -0.05) is 0 Å². The Kier molecular flexibility index (Phi) is 5.65. The molecule has 11 heteroatoms. The molecule has 8 atom stereocenters. The molecule has 0 aliphatic carbocycles. The molecule has 2 aliphatic heterocycles. The van der Waals surface area contributed by atoms with Gasteiger partial charge in [0.2, 0.25) is 11.9 Å². The van der Waals surface area contributed by atoms with Crippen LogP contribution in [0.15, 0.2) is 0 Å². The molecule has 0 spiro atoms. The normalized spacial score (nSPS) is 42.6. The monoisotopic (exact) mass is 338 g/mol. The molecule has 0 aromatic heterocycles. The van der Waals surface area contributed by atoms with Crippen molar-refractivity contribution in [2.24, 2.45) is 0 Å². The molecule has 6 N–H and O–H groups in total. The highest BCUT2D eigenvalue weighted by atomic mass is 16.7. The zero-order valence-corrected chi connectivity index (χ0v) is 11.8. The van der Waals surface area contributed by atoms with E-state index in [0.717, 1.165) is 0 Å². The van der Waals surface area contributed by atoms with E-state index in [2.05, 4.69) is 4.74 Å². The van der Waals surface area contributed by atoms with Crippen LogP contribution in [0.1, 0.15) is 0 Å². The van der Waals surface area contributed by atoms with Gasteiger partial charge in [-0.2, -0.15) is 0 Å². The van der Waals surface area contributed by atoms with Gasteiger partial charge in [-0.15, -0.1) is 0 Å². The summed E-state index contributed by atoms with van der Waals surface area (Å²) < 4.78 is 14.6. The van der Waals surface area contributed by atoms with E-state index in [-0.39, 0.29) is 0 Å². The van der Waals surface area contributed by atoms with Crippen LogP contribution in [-0.2, 0) is 23.8 Å². The van der Waals surface area contributed by atoms with Gasteiger partial charge in [0, 0.05) is 0 Å². The van der Waals surface area contributed by atoms with E-state index in [1.165, 1.54) is 0 Å². The van der Waals surface area contributed by atoms with Gasteiger partial charge in [0.25, 0.3) is 0 Å². The Balaban J connectivity index is 2.08. The van der Waals surface area contributed by atoms with Crippen LogP contribution in [0.4, 0.5) is 0 Å². The van der Waals surface area contributed by atoms with Crippen LogP contribution in [0.5, 0.6) is 0 Å². The predicted octanol–water partition coefficient (Wildman–Crippen LogP) is -4.98. The number of carbonyl (C=O) groups is 2. The van der Waals surface area contributed by atoms with Gasteiger partial charge >= 0.3 is 5.97 Å². The lowest BCUT2D eigenvalue weighted by molar-refractivity contribution is -0.305. The molecule has 5 unspecified atom stereocenters. The first-order chi connectivity index (χ1) is 10.8. The average molecular weight is 338 g/mol. The fourth-order valence-electron chi connectivity index (χ4n) is 2.31. The summed E-state index contributed by atoms with van der Waals surface area (Å²) in [4.78, 5) is 23.6. The van der Waals surface area contributed by atoms with Gasteiger partial charge in [-0.05, 0) is 0 Å². The maximum Gasteiger partial charge on any atom is 0.344 e. The first-order valence-corrected chi connectivity index (χ1v) is 6.81. The van der Waals surface area contributed by atoms with Crippen molar-refractivity contribution < 1.29 is 54.4 Å². The van der Waals surface area contributed by atoms with E-state index in [9.17, 15) is 30.0 Å². The number of ether oxygens (including phenoxy) is 3. The third-order valence-electron chi connectivity index (χ3n) is 3.65. The second-order valence-corrected chi connectivity index (χ2v) is 5.22. The molecule has 11 nitrogen and oxygen atoms in total. The number of aliphatic hydroxyl groups is 6. The lowest BCUT2D eigenvalue weighted by Gasteiger charge is -2.39. The Morgan fingerprint density at radius 3 is 2.30 bits per heavy atom. The molecule has 0 aromatic carbocycles. The highest BCUT2D eigenvalue weighted by Gasteiger charge is 2.52. The Morgan fingerprint density at radius 1 is 1.09 bits per heavy atom. The fraction of sp³-hybridized carbons (Fsp3) is 0.833. The summed E-state index contributed by atoms with van der Waals surface area (Å²) in [5.41, 5.74) is 0. The molecular formula is C12H18O11. The van der Waals surface area contributed by atoms with E-state index < -0.39 is 74.0 Å². The van der Waals surface area contributed by atoms with Gasteiger partial charge < -0.3 is 44.8 Å². The molecule has 0 bridgehead atoms. The third-order valence-corrected chi connectivity index (χ3v) is 3.65. The minimum atomic E-state index is -1.84. The largest absolute Gasteiger partial charge is 0.449 e. The minimum absolute atomic E-state index is 0.709. The van der Waals surface area contributed by atoms with Crippen LogP contribution < -0.4 is 0 Å². The molecule has 2 saturated heterocycles. The molecule has 0 radical (unpaired) electrons. The van der Waals surface area contributed by atoms with Crippen LogP contribution in [-0.4, -0.2) is 105 Å². The summed E-state index contributed by atoms with van der Waals surface area (Å²) in [6, 6.07) is 0. The number of ketones is 1. The minimum Gasteiger partial charge on any atom is -0.449 e. The van der Waals surface area contributed by atoms with Crippen molar-refractivity contribution in [1.82, 2.24) is 0 Å². The first-order valence-electron chi connectivity index (χ1n) is 6.81. The van der Waals surface area contributed by atoms with E-state index in [1.54, 1.807) is 0 Å². The van der Waals surface area contributed by atoms with Crippen molar-refractivity contribution >= 4 is 11.8 Å². The van der Waals surface area contributed by atoms with Crippen LogP contribution in [0, 0.1) is 0 Å². The lowest BCUT2D eigenvalue weighted by atomic mass is 9.99. The summed E-state index contributed by atoms with van der Waals surface area (Å²) in [5, 5.41) is 56.2. The molecule has 132 valence electrons. The van der Waals surface area contributed by atoms with Crippen molar-refractivity contribution in [2.45, 2.75) is 49.0 Å². The second kappa shape index (κ2) is 7.15. The second-order valence-electron chi connectivity index (χ2n) is 5.22. The van der Waals surface area contributed by atoms with Gasteiger partial charge in [0.15, 0.2) is 12.4 Å². The molecule has 23 heavy (non-hydrogen) atoms. The molecule has 2 heterocycles. The number of hydrogen-bond donors (Lipinski definition) is 6. The smallest absolute Gasteiger partial charge is 0.344 e. The fourth-order valence-corrected chi connectivity index (χ4v) is 2.31. The summed E-state index contributed by atoms with van der Waals surface area (Å²) in [6.45, 7) is -1.53. The number of esters is 1. The molecule has 0 saturated carbocycles. The van der Waals surface area contributed by atoms with Crippen molar-refractivity contribution in [3.05, 3.63) is 0 Å². The quantitative estimate of drug-likeness (QED) is 0.208. The predicted molar refractivity (Wildman–Crippen MR) is 66.6 cm³/mol. The number of carbonyl (C=O) groups excluding carboxylic acids is 2. The van der Waals surface area contributed by atoms with Crippen molar-refractivity contribution in [3.63, 3.8) is 0 Å². The SMILES string of the molecule is O=C1OC(C(O)CO)C(=O)C1O[C@@H]1OC(CO)[C@@H](O)[C@H](O)C1O. The Bertz CT molecular complexity index is 452. The number of cyclic esters (lactones) is 1. The van der Waals surface area contributed by atoms with Crippen LogP contribution in [0.2, 0.25) is 0 Å². The third kappa shape index (κ3) is 3.36. The molecule has 2 rings (SSSR count). The molecule has 0 aromatic rings. The maximum absolute atomic E-state index is 12.0. The lowest BCUT2D eigenvalue weighted by Crippen LogP contribution is -2.60. The van der Waals surface area contributed by atoms with Gasteiger partial charge in [-0.25, -0.2) is 4.79 Å².